The van der Waals surface area contributed by atoms with Crippen LogP contribution in [0, 0.1) is 29.9 Å². The Morgan fingerprint density at radius 3 is 2.58 bits per heavy atom. The van der Waals surface area contributed by atoms with E-state index in [1.807, 2.05) is 0 Å². The third-order valence-corrected chi connectivity index (χ3v) is 2.70. The summed E-state index contributed by atoms with van der Waals surface area (Å²) in [5, 5.41) is 8.71. The first kappa shape index (κ1) is 13.0. The molecule has 0 aliphatic rings. The molecule has 0 fully saturated rings. The highest BCUT2D eigenvalue weighted by Gasteiger charge is 2.04. The van der Waals surface area contributed by atoms with Gasteiger partial charge in [0.25, 0.3) is 0 Å². The number of hydrogen-bond donors (Lipinski definition) is 0. The minimum absolute atomic E-state index is 0.0313. The van der Waals surface area contributed by atoms with Gasteiger partial charge in [-0.05, 0) is 36.2 Å². The summed E-state index contributed by atoms with van der Waals surface area (Å²) in [5.41, 5.74) is 1.16. The van der Waals surface area contributed by atoms with Gasteiger partial charge < -0.3 is 4.74 Å². The third-order valence-electron chi connectivity index (χ3n) is 2.70. The first-order valence-corrected chi connectivity index (χ1v) is 5.67. The van der Waals surface area contributed by atoms with Gasteiger partial charge in [0.1, 0.15) is 30.1 Å². The number of rotatable bonds is 3. The molecule has 2 aromatic rings. The quantitative estimate of drug-likeness (QED) is 0.841. The lowest BCUT2D eigenvalue weighted by Crippen LogP contribution is -1.97. The molecule has 2 rings (SSSR count). The fourth-order valence-electron chi connectivity index (χ4n) is 1.58. The average Bonchev–Trinajstić information content (AvgIpc) is 2.41. The molecule has 0 N–H and O–H groups in total. The Hall–Kier alpha value is -2.41. The average molecular weight is 259 g/mol. The molecule has 2 aromatic carbocycles. The number of ether oxygens (including phenoxy) is 1. The molecule has 0 spiro atoms. The van der Waals surface area contributed by atoms with Crippen molar-refractivity contribution in [1.29, 1.82) is 5.26 Å². The summed E-state index contributed by atoms with van der Waals surface area (Å²) in [6.07, 6.45) is 0. The fourth-order valence-corrected chi connectivity index (χ4v) is 1.58. The second-order valence-corrected chi connectivity index (χ2v) is 4.13. The van der Waals surface area contributed by atoms with Gasteiger partial charge in [-0.2, -0.15) is 5.26 Å². The molecule has 0 aliphatic carbocycles. The largest absolute Gasteiger partial charge is 0.489 e. The Morgan fingerprint density at radius 2 is 1.89 bits per heavy atom. The van der Waals surface area contributed by atoms with E-state index in [0.29, 0.717) is 16.9 Å². The molecule has 0 bridgehead atoms. The van der Waals surface area contributed by atoms with E-state index in [-0.39, 0.29) is 18.0 Å². The third kappa shape index (κ3) is 3.08. The maximum Gasteiger partial charge on any atom is 0.140 e. The highest BCUT2D eigenvalue weighted by Crippen LogP contribution is 2.18. The van der Waals surface area contributed by atoms with E-state index in [4.69, 9.17) is 10.00 Å². The summed E-state index contributed by atoms with van der Waals surface area (Å²) in [6.45, 7) is 1.82. The van der Waals surface area contributed by atoms with Gasteiger partial charge >= 0.3 is 0 Å². The zero-order chi connectivity index (χ0) is 13.8. The molecule has 0 aliphatic heterocycles. The van der Waals surface area contributed by atoms with Crippen molar-refractivity contribution in [2.24, 2.45) is 0 Å². The minimum Gasteiger partial charge on any atom is -0.489 e. The van der Waals surface area contributed by atoms with Gasteiger partial charge in [-0.15, -0.1) is 0 Å². The number of halogens is 2. The van der Waals surface area contributed by atoms with Crippen molar-refractivity contribution >= 4 is 0 Å². The lowest BCUT2D eigenvalue weighted by molar-refractivity contribution is 0.304. The van der Waals surface area contributed by atoms with Gasteiger partial charge in [0, 0.05) is 6.07 Å². The Morgan fingerprint density at radius 1 is 1.11 bits per heavy atom. The Bertz CT molecular complexity index is 647. The van der Waals surface area contributed by atoms with E-state index < -0.39 is 5.82 Å². The van der Waals surface area contributed by atoms with Crippen LogP contribution in [0.5, 0.6) is 5.75 Å². The summed E-state index contributed by atoms with van der Waals surface area (Å²) in [6, 6.07) is 10.5. The molecule has 0 amide bonds. The second kappa shape index (κ2) is 5.49. The van der Waals surface area contributed by atoms with Crippen LogP contribution in [0.2, 0.25) is 0 Å². The molecule has 2 nitrogen and oxygen atoms in total. The molecule has 4 heteroatoms. The molecule has 19 heavy (non-hydrogen) atoms. The van der Waals surface area contributed by atoms with Crippen LogP contribution in [-0.2, 0) is 6.61 Å². The summed E-state index contributed by atoms with van der Waals surface area (Å²) in [4.78, 5) is 0. The number of nitrogens with zero attached hydrogens (tertiary/aromatic N) is 1. The number of nitriles is 1. The van der Waals surface area contributed by atoms with Crippen LogP contribution >= 0.6 is 0 Å². The summed E-state index contributed by atoms with van der Waals surface area (Å²) in [5.74, 6) is -0.507. The van der Waals surface area contributed by atoms with Crippen LogP contribution in [0.25, 0.3) is 0 Å². The lowest BCUT2D eigenvalue weighted by atomic mass is 10.1. The van der Waals surface area contributed by atoms with Crippen LogP contribution in [0.4, 0.5) is 8.78 Å². The highest BCUT2D eigenvalue weighted by atomic mass is 19.1. The van der Waals surface area contributed by atoms with E-state index in [1.165, 1.54) is 24.3 Å². The molecular formula is C15H11F2NO. The predicted molar refractivity (Wildman–Crippen MR) is 66.6 cm³/mol. The van der Waals surface area contributed by atoms with Crippen molar-refractivity contribution in [3.63, 3.8) is 0 Å². The fraction of sp³-hybridized carbons (Fsp3) is 0.133. The van der Waals surface area contributed by atoms with Crippen LogP contribution < -0.4 is 4.74 Å². The molecule has 0 saturated heterocycles. The zero-order valence-electron chi connectivity index (χ0n) is 10.3. The van der Waals surface area contributed by atoms with Gasteiger partial charge in [-0.3, -0.25) is 0 Å². The predicted octanol–water partition coefficient (Wildman–Crippen LogP) is 3.72. The molecule has 0 atom stereocenters. The molecule has 0 saturated carbocycles. The summed E-state index contributed by atoms with van der Waals surface area (Å²) < 4.78 is 31.8. The number of hydrogen-bond acceptors (Lipinski definition) is 2. The zero-order valence-corrected chi connectivity index (χ0v) is 10.3. The molecule has 0 radical (unpaired) electrons. The van der Waals surface area contributed by atoms with Gasteiger partial charge in [0.2, 0.25) is 0 Å². The van der Waals surface area contributed by atoms with E-state index >= 15 is 0 Å². The molecule has 0 unspecified atom stereocenters. The monoisotopic (exact) mass is 259 g/mol. The van der Waals surface area contributed by atoms with Gasteiger partial charge in [0.05, 0.1) is 5.56 Å². The smallest absolute Gasteiger partial charge is 0.140 e. The van der Waals surface area contributed by atoms with Crippen LogP contribution in [0.1, 0.15) is 16.7 Å². The van der Waals surface area contributed by atoms with E-state index in [2.05, 4.69) is 0 Å². The molecule has 0 heterocycles. The summed E-state index contributed by atoms with van der Waals surface area (Å²) >= 11 is 0. The second-order valence-electron chi connectivity index (χ2n) is 4.13. The molecule has 0 aromatic heterocycles. The van der Waals surface area contributed by atoms with Gasteiger partial charge in [-0.1, -0.05) is 12.1 Å². The molecular weight excluding hydrogens is 248 g/mol. The Kier molecular flexibility index (Phi) is 3.76. The van der Waals surface area contributed by atoms with Crippen LogP contribution in [0.15, 0.2) is 36.4 Å². The van der Waals surface area contributed by atoms with Gasteiger partial charge in [-0.25, -0.2) is 8.78 Å². The lowest BCUT2D eigenvalue weighted by Gasteiger charge is -2.07. The van der Waals surface area contributed by atoms with Crippen LogP contribution in [0.3, 0.4) is 0 Å². The highest BCUT2D eigenvalue weighted by molar-refractivity contribution is 5.34. The number of benzene rings is 2. The standard InChI is InChI=1S/C15H11F2NO/c1-10-2-4-13(7-15(10)17)19-9-11-3-5-14(16)12(6-11)8-18/h2-7H,9H2,1H3. The van der Waals surface area contributed by atoms with E-state index in [1.54, 1.807) is 25.1 Å². The first-order valence-electron chi connectivity index (χ1n) is 5.67. The van der Waals surface area contributed by atoms with Crippen molar-refractivity contribution in [2.45, 2.75) is 13.5 Å². The van der Waals surface area contributed by atoms with Crippen molar-refractivity contribution in [1.82, 2.24) is 0 Å². The van der Waals surface area contributed by atoms with Crippen molar-refractivity contribution in [3.8, 4) is 11.8 Å². The van der Waals surface area contributed by atoms with Crippen molar-refractivity contribution < 1.29 is 13.5 Å². The first-order chi connectivity index (χ1) is 9.10. The topological polar surface area (TPSA) is 33.0 Å². The van der Waals surface area contributed by atoms with Crippen LogP contribution in [-0.4, -0.2) is 0 Å². The maximum absolute atomic E-state index is 13.3. The molecule has 96 valence electrons. The Labute approximate surface area is 109 Å². The van der Waals surface area contributed by atoms with E-state index in [9.17, 15) is 8.78 Å². The van der Waals surface area contributed by atoms with E-state index in [0.717, 1.165) is 0 Å². The minimum atomic E-state index is -0.562. The van der Waals surface area contributed by atoms with Crippen molar-refractivity contribution in [3.05, 3.63) is 64.7 Å². The van der Waals surface area contributed by atoms with Crippen molar-refractivity contribution in [2.75, 3.05) is 0 Å². The SMILES string of the molecule is Cc1ccc(OCc2ccc(F)c(C#N)c2)cc1F. The van der Waals surface area contributed by atoms with Gasteiger partial charge in [0.15, 0.2) is 0 Å². The summed E-state index contributed by atoms with van der Waals surface area (Å²) in [7, 11) is 0. The Balaban J connectivity index is 2.10. The maximum atomic E-state index is 13.3. The number of aryl methyl sites for hydroxylation is 1. The normalized spacial score (nSPS) is 10.0.